The van der Waals surface area contributed by atoms with Crippen LogP contribution in [0, 0.1) is 17.8 Å². The second-order valence-corrected chi connectivity index (χ2v) is 9.31. The van der Waals surface area contributed by atoms with E-state index in [-0.39, 0.29) is 17.8 Å². The highest BCUT2D eigenvalue weighted by atomic mass is 16.4. The number of benzene rings is 1. The summed E-state index contributed by atoms with van der Waals surface area (Å²) in [5, 5.41) is 13.4. The highest BCUT2D eigenvalue weighted by Gasteiger charge is 2.60. The Morgan fingerprint density at radius 1 is 1.30 bits per heavy atom. The van der Waals surface area contributed by atoms with Gasteiger partial charge < -0.3 is 19.7 Å². The molecule has 2 aliphatic carbocycles. The molecule has 0 radical (unpaired) electrons. The molecule has 2 heterocycles. The highest BCUT2D eigenvalue weighted by Crippen LogP contribution is 2.52. The number of fused-ring (bicyclic) bond motifs is 2. The van der Waals surface area contributed by atoms with Crippen molar-refractivity contribution in [1.82, 2.24) is 15.2 Å². The Labute approximate surface area is 193 Å². The molecule has 1 aromatic carbocycles. The number of likely N-dealkylation sites (tertiary alicyclic amines) is 1. The summed E-state index contributed by atoms with van der Waals surface area (Å²) in [6, 6.07) is 8.21. The van der Waals surface area contributed by atoms with Gasteiger partial charge in [-0.1, -0.05) is 24.6 Å². The SMILES string of the molecule is CCC(C)=CC(=NC1=c2oc(-c3ccc(CNC)cc3)nc2=C1C)N1CC2C(C1)C2C(=O)O. The molecule has 7 heteroatoms. The van der Waals surface area contributed by atoms with E-state index < -0.39 is 5.97 Å². The Morgan fingerprint density at radius 2 is 2.00 bits per heavy atom. The minimum Gasteiger partial charge on any atom is -0.481 e. The average Bonchev–Trinajstić information content (AvgIpc) is 3.14. The van der Waals surface area contributed by atoms with Gasteiger partial charge in [-0.3, -0.25) is 4.79 Å². The van der Waals surface area contributed by atoms with Gasteiger partial charge in [-0.15, -0.1) is 0 Å². The third-order valence-electron chi connectivity index (χ3n) is 7.10. The molecule has 1 aromatic heterocycles. The number of carbonyl (C=O) groups is 1. The number of nitrogens with zero attached hydrogens (tertiary/aromatic N) is 3. The zero-order valence-electron chi connectivity index (χ0n) is 19.6. The first-order valence-corrected chi connectivity index (χ1v) is 11.6. The maximum absolute atomic E-state index is 11.4. The van der Waals surface area contributed by atoms with Crippen LogP contribution in [0.15, 0.2) is 45.3 Å². The summed E-state index contributed by atoms with van der Waals surface area (Å²) >= 11 is 0. The number of carboxylic acids is 1. The van der Waals surface area contributed by atoms with Crippen molar-refractivity contribution in [2.45, 2.75) is 33.7 Å². The van der Waals surface area contributed by atoms with Crippen molar-refractivity contribution in [3.63, 3.8) is 0 Å². The maximum Gasteiger partial charge on any atom is 0.307 e. The minimum absolute atomic E-state index is 0.189. The fourth-order valence-corrected chi connectivity index (χ4v) is 4.89. The van der Waals surface area contributed by atoms with Gasteiger partial charge in [0.25, 0.3) is 0 Å². The van der Waals surface area contributed by atoms with Gasteiger partial charge in [0.2, 0.25) is 5.89 Å². The Bertz CT molecular complexity index is 1270. The normalized spacial score (nSPS) is 24.0. The van der Waals surface area contributed by atoms with Crippen molar-refractivity contribution < 1.29 is 14.3 Å². The number of aliphatic carboxylic acids is 1. The van der Waals surface area contributed by atoms with Crippen molar-refractivity contribution in [3.05, 3.63) is 52.2 Å². The standard InChI is InChI=1S/C26H30N4O3/c1-5-14(2)10-20(30-12-18-19(13-30)21(18)26(31)32)28-22-15(3)23-24(22)33-25(29-23)17-8-6-16(7-9-17)11-27-4/h6-10,18-19,21,27H,5,11-13H2,1-4H3,(H,31,32). The molecular weight excluding hydrogens is 416 g/mol. The highest BCUT2D eigenvalue weighted by molar-refractivity contribution is 6.02. The fraction of sp³-hybridized carbons (Fsp3) is 0.423. The van der Waals surface area contributed by atoms with E-state index in [0.29, 0.717) is 5.89 Å². The molecule has 172 valence electrons. The summed E-state index contributed by atoms with van der Waals surface area (Å²) in [4.78, 5) is 23.3. The second kappa shape index (κ2) is 8.30. The molecule has 2 N–H and O–H groups in total. The molecule has 1 aliphatic heterocycles. The van der Waals surface area contributed by atoms with Crippen molar-refractivity contribution in [1.29, 1.82) is 0 Å². The van der Waals surface area contributed by atoms with Crippen molar-refractivity contribution >= 4 is 23.1 Å². The number of aliphatic imine (C=N–C) groups is 1. The number of amidine groups is 1. The van der Waals surface area contributed by atoms with Crippen LogP contribution in [0.2, 0.25) is 0 Å². The predicted octanol–water partition coefficient (Wildman–Crippen LogP) is 2.37. The quantitative estimate of drug-likeness (QED) is 0.501. The van der Waals surface area contributed by atoms with Gasteiger partial charge in [0, 0.05) is 30.8 Å². The van der Waals surface area contributed by atoms with E-state index in [1.807, 2.05) is 26.1 Å². The first-order valence-electron chi connectivity index (χ1n) is 11.6. The van der Waals surface area contributed by atoms with E-state index in [2.05, 4.69) is 42.3 Å². The van der Waals surface area contributed by atoms with Crippen molar-refractivity contribution in [3.8, 4) is 11.5 Å². The molecule has 2 aromatic rings. The number of nitrogens with one attached hydrogen (secondary N) is 1. The van der Waals surface area contributed by atoms with Crippen LogP contribution in [0.3, 0.4) is 0 Å². The molecule has 1 saturated heterocycles. The van der Waals surface area contributed by atoms with E-state index in [9.17, 15) is 9.90 Å². The lowest BCUT2D eigenvalue weighted by molar-refractivity contribution is -0.139. The van der Waals surface area contributed by atoms with E-state index in [0.717, 1.165) is 59.5 Å². The molecule has 2 atom stereocenters. The fourth-order valence-electron chi connectivity index (χ4n) is 4.89. The van der Waals surface area contributed by atoms with Gasteiger partial charge in [0.05, 0.1) is 5.92 Å². The van der Waals surface area contributed by atoms with E-state index in [1.54, 1.807) is 0 Å². The number of oxazole rings is 1. The van der Waals surface area contributed by atoms with Gasteiger partial charge in [0.15, 0.2) is 5.42 Å². The minimum atomic E-state index is -0.668. The molecular formula is C26H30N4O3. The lowest BCUT2D eigenvalue weighted by Crippen LogP contribution is -2.37. The second-order valence-electron chi connectivity index (χ2n) is 9.31. The molecule has 3 aliphatic rings. The summed E-state index contributed by atoms with van der Waals surface area (Å²) in [6.45, 7) is 8.56. The lowest BCUT2D eigenvalue weighted by atomic mass is 10.1. The molecule has 2 unspecified atom stereocenters. The van der Waals surface area contributed by atoms with Gasteiger partial charge >= 0.3 is 5.97 Å². The Kier molecular flexibility index (Phi) is 5.44. The number of allylic oxidation sites excluding steroid dienone is 1. The topological polar surface area (TPSA) is 91.0 Å². The summed E-state index contributed by atoms with van der Waals surface area (Å²) < 4.78 is 6.13. The molecule has 0 spiro atoms. The molecule has 0 amide bonds. The monoisotopic (exact) mass is 446 g/mol. The number of carboxylic acid groups (broad SMARTS) is 1. The maximum atomic E-state index is 11.4. The summed E-state index contributed by atoms with van der Waals surface area (Å²) in [5.74, 6) is 1.11. The summed E-state index contributed by atoms with van der Waals surface area (Å²) in [6.07, 6.45) is 3.06. The largest absolute Gasteiger partial charge is 0.481 e. The number of piperidine rings is 1. The molecule has 1 saturated carbocycles. The lowest BCUT2D eigenvalue weighted by Gasteiger charge is -2.23. The van der Waals surface area contributed by atoms with Crippen LogP contribution >= 0.6 is 0 Å². The van der Waals surface area contributed by atoms with Gasteiger partial charge in [-0.2, -0.15) is 0 Å². The van der Waals surface area contributed by atoms with Crippen LogP contribution in [0.25, 0.3) is 22.7 Å². The zero-order chi connectivity index (χ0) is 23.3. The van der Waals surface area contributed by atoms with Crippen molar-refractivity contribution in [2.75, 3.05) is 20.1 Å². The molecule has 5 rings (SSSR count). The Hall–Kier alpha value is -3.19. The molecule has 33 heavy (non-hydrogen) atoms. The third-order valence-corrected chi connectivity index (χ3v) is 7.10. The first kappa shape index (κ1) is 21.6. The van der Waals surface area contributed by atoms with Crippen LogP contribution < -0.4 is 16.1 Å². The van der Waals surface area contributed by atoms with Gasteiger partial charge in [-0.25, -0.2) is 9.98 Å². The van der Waals surface area contributed by atoms with Crippen LogP contribution in [-0.2, 0) is 11.3 Å². The van der Waals surface area contributed by atoms with E-state index >= 15 is 0 Å². The first-order chi connectivity index (χ1) is 15.9. The predicted molar refractivity (Wildman–Crippen MR) is 128 cm³/mol. The number of hydrogen-bond acceptors (Lipinski definition) is 5. The molecule has 0 bridgehead atoms. The number of aromatic nitrogens is 1. The summed E-state index contributed by atoms with van der Waals surface area (Å²) in [7, 11) is 1.93. The van der Waals surface area contributed by atoms with E-state index in [4.69, 9.17) is 14.4 Å². The zero-order valence-corrected chi connectivity index (χ0v) is 19.6. The average molecular weight is 447 g/mol. The van der Waals surface area contributed by atoms with Gasteiger partial charge in [0.1, 0.15) is 16.9 Å². The number of hydrogen-bond donors (Lipinski definition) is 2. The van der Waals surface area contributed by atoms with Gasteiger partial charge in [-0.05, 0) is 62.9 Å². The summed E-state index contributed by atoms with van der Waals surface area (Å²) in [5.41, 5.74) is 5.98. The third kappa shape index (κ3) is 3.80. The van der Waals surface area contributed by atoms with Crippen LogP contribution in [0.4, 0.5) is 0 Å². The van der Waals surface area contributed by atoms with E-state index in [1.165, 1.54) is 11.1 Å². The smallest absolute Gasteiger partial charge is 0.307 e. The molecule has 7 nitrogen and oxygen atoms in total. The van der Waals surface area contributed by atoms with Crippen LogP contribution in [0.1, 0.15) is 32.8 Å². The number of rotatable bonds is 7. The molecule has 2 fully saturated rings. The Balaban J connectivity index is 1.45. The van der Waals surface area contributed by atoms with Crippen LogP contribution in [0.5, 0.6) is 0 Å². The van der Waals surface area contributed by atoms with Crippen molar-refractivity contribution in [2.24, 2.45) is 22.7 Å². The Morgan fingerprint density at radius 3 is 2.61 bits per heavy atom. The van der Waals surface area contributed by atoms with Crippen LogP contribution in [-0.4, -0.2) is 46.9 Å².